The molecule has 0 spiro atoms. The number of ether oxygens (including phenoxy) is 1. The van der Waals surface area contributed by atoms with E-state index in [-0.39, 0.29) is 12.1 Å². The number of nitrogens with one attached hydrogen (secondary N) is 2. The SMILES string of the molecule is CCNC(=NCCC(C)C)NCCC(=O)OC(C)C. The van der Waals surface area contributed by atoms with Crippen molar-refractivity contribution in [3.8, 4) is 0 Å². The van der Waals surface area contributed by atoms with E-state index in [1.165, 1.54) is 0 Å². The lowest BCUT2D eigenvalue weighted by molar-refractivity contribution is -0.147. The van der Waals surface area contributed by atoms with Crippen LogP contribution in [0, 0.1) is 5.92 Å². The smallest absolute Gasteiger partial charge is 0.307 e. The Labute approximate surface area is 117 Å². The van der Waals surface area contributed by atoms with Crippen molar-refractivity contribution in [1.29, 1.82) is 0 Å². The van der Waals surface area contributed by atoms with E-state index in [1.807, 2.05) is 20.8 Å². The number of carbonyl (C=O) groups is 1. The van der Waals surface area contributed by atoms with E-state index in [0.717, 1.165) is 25.5 Å². The molecule has 0 rings (SSSR count). The first-order chi connectivity index (χ1) is 8.95. The van der Waals surface area contributed by atoms with Crippen LogP contribution in [0.1, 0.15) is 47.5 Å². The third-order valence-corrected chi connectivity index (χ3v) is 2.31. The number of rotatable bonds is 8. The number of hydrogen-bond donors (Lipinski definition) is 2. The highest BCUT2D eigenvalue weighted by Crippen LogP contribution is 1.98. The van der Waals surface area contributed by atoms with Crippen LogP contribution in [0.25, 0.3) is 0 Å². The van der Waals surface area contributed by atoms with Crippen LogP contribution in [0.15, 0.2) is 4.99 Å². The van der Waals surface area contributed by atoms with E-state index in [4.69, 9.17) is 4.74 Å². The highest BCUT2D eigenvalue weighted by molar-refractivity contribution is 5.80. The zero-order valence-electron chi connectivity index (χ0n) is 13.0. The van der Waals surface area contributed by atoms with E-state index < -0.39 is 0 Å². The minimum absolute atomic E-state index is 0.0551. The van der Waals surface area contributed by atoms with Gasteiger partial charge in [-0.05, 0) is 33.1 Å². The molecule has 0 aromatic carbocycles. The summed E-state index contributed by atoms with van der Waals surface area (Å²) in [6.45, 7) is 12.2. The maximum Gasteiger partial charge on any atom is 0.307 e. The topological polar surface area (TPSA) is 62.7 Å². The Kier molecular flexibility index (Phi) is 9.94. The van der Waals surface area contributed by atoms with Gasteiger partial charge >= 0.3 is 5.97 Å². The van der Waals surface area contributed by atoms with Crippen molar-refractivity contribution in [2.75, 3.05) is 19.6 Å². The summed E-state index contributed by atoms with van der Waals surface area (Å²) in [5, 5.41) is 6.29. The van der Waals surface area contributed by atoms with E-state index in [9.17, 15) is 4.79 Å². The van der Waals surface area contributed by atoms with Crippen molar-refractivity contribution in [3.63, 3.8) is 0 Å². The van der Waals surface area contributed by atoms with Crippen molar-refractivity contribution >= 4 is 11.9 Å². The average Bonchev–Trinajstić information content (AvgIpc) is 2.27. The number of esters is 1. The van der Waals surface area contributed by atoms with Crippen LogP contribution in [-0.4, -0.2) is 37.7 Å². The Morgan fingerprint density at radius 3 is 2.42 bits per heavy atom. The predicted molar refractivity (Wildman–Crippen MR) is 79.3 cm³/mol. The monoisotopic (exact) mass is 271 g/mol. The van der Waals surface area contributed by atoms with Gasteiger partial charge in [0.2, 0.25) is 0 Å². The molecule has 0 aromatic heterocycles. The summed E-state index contributed by atoms with van der Waals surface area (Å²) < 4.78 is 5.07. The van der Waals surface area contributed by atoms with Crippen molar-refractivity contribution in [2.45, 2.75) is 53.6 Å². The van der Waals surface area contributed by atoms with E-state index >= 15 is 0 Å². The average molecular weight is 271 g/mol. The minimum Gasteiger partial charge on any atom is -0.463 e. The molecular weight excluding hydrogens is 242 g/mol. The van der Waals surface area contributed by atoms with Gasteiger partial charge < -0.3 is 15.4 Å². The van der Waals surface area contributed by atoms with Gasteiger partial charge in [-0.25, -0.2) is 0 Å². The van der Waals surface area contributed by atoms with Crippen molar-refractivity contribution in [3.05, 3.63) is 0 Å². The fourth-order valence-electron chi connectivity index (χ4n) is 1.38. The lowest BCUT2D eigenvalue weighted by atomic mass is 10.1. The first-order valence-electron chi connectivity index (χ1n) is 7.17. The molecule has 0 saturated carbocycles. The largest absolute Gasteiger partial charge is 0.463 e. The molecule has 0 amide bonds. The zero-order chi connectivity index (χ0) is 14.7. The molecule has 0 aromatic rings. The number of aliphatic imine (C=N–C) groups is 1. The molecule has 2 N–H and O–H groups in total. The lowest BCUT2D eigenvalue weighted by Crippen LogP contribution is -2.38. The summed E-state index contributed by atoms with van der Waals surface area (Å²) >= 11 is 0. The molecule has 0 heterocycles. The number of guanidine groups is 1. The molecule has 0 unspecified atom stereocenters. The van der Waals surface area contributed by atoms with Crippen molar-refractivity contribution in [2.24, 2.45) is 10.9 Å². The number of carbonyl (C=O) groups excluding carboxylic acids is 1. The third kappa shape index (κ3) is 11.6. The lowest BCUT2D eigenvalue weighted by Gasteiger charge is -2.12. The van der Waals surface area contributed by atoms with Gasteiger partial charge in [-0.3, -0.25) is 9.79 Å². The van der Waals surface area contributed by atoms with Gasteiger partial charge in [0, 0.05) is 19.6 Å². The summed E-state index contributed by atoms with van der Waals surface area (Å²) in [5.74, 6) is 1.23. The molecular formula is C14H29N3O2. The van der Waals surface area contributed by atoms with E-state index in [0.29, 0.717) is 18.9 Å². The van der Waals surface area contributed by atoms with Gasteiger partial charge in [-0.1, -0.05) is 13.8 Å². The van der Waals surface area contributed by atoms with Gasteiger partial charge in [0.1, 0.15) is 0 Å². The van der Waals surface area contributed by atoms with Crippen molar-refractivity contribution < 1.29 is 9.53 Å². The Bertz CT molecular complexity index is 276. The zero-order valence-corrected chi connectivity index (χ0v) is 13.0. The number of hydrogen-bond acceptors (Lipinski definition) is 3. The molecule has 0 aliphatic rings. The summed E-state index contributed by atoms with van der Waals surface area (Å²) in [6.07, 6.45) is 1.36. The molecule has 5 nitrogen and oxygen atoms in total. The molecule has 0 saturated heterocycles. The second-order valence-corrected chi connectivity index (χ2v) is 5.16. The summed E-state index contributed by atoms with van der Waals surface area (Å²) in [7, 11) is 0. The fraction of sp³-hybridized carbons (Fsp3) is 0.857. The number of nitrogens with zero attached hydrogens (tertiary/aromatic N) is 1. The second-order valence-electron chi connectivity index (χ2n) is 5.16. The molecule has 0 aliphatic heterocycles. The quantitative estimate of drug-likeness (QED) is 0.402. The van der Waals surface area contributed by atoms with Crippen LogP contribution in [0.5, 0.6) is 0 Å². The Hall–Kier alpha value is -1.26. The summed E-state index contributed by atoms with van der Waals surface area (Å²) in [6, 6.07) is 0. The van der Waals surface area contributed by atoms with Gasteiger partial charge in [0.25, 0.3) is 0 Å². The highest BCUT2D eigenvalue weighted by atomic mass is 16.5. The normalized spacial score (nSPS) is 11.8. The van der Waals surface area contributed by atoms with Crippen LogP contribution in [-0.2, 0) is 9.53 Å². The Morgan fingerprint density at radius 2 is 1.89 bits per heavy atom. The first-order valence-corrected chi connectivity index (χ1v) is 7.17. The molecule has 19 heavy (non-hydrogen) atoms. The maximum absolute atomic E-state index is 11.4. The van der Waals surface area contributed by atoms with Crippen LogP contribution < -0.4 is 10.6 Å². The molecule has 5 heteroatoms. The standard InChI is InChI=1S/C14H29N3O2/c1-6-15-14(16-9-7-11(2)3)17-10-8-13(18)19-12(4)5/h11-12H,6-10H2,1-5H3,(H2,15,16,17). The van der Waals surface area contributed by atoms with Crippen LogP contribution >= 0.6 is 0 Å². The van der Waals surface area contributed by atoms with Crippen molar-refractivity contribution in [1.82, 2.24) is 10.6 Å². The van der Waals surface area contributed by atoms with Crippen LogP contribution in [0.2, 0.25) is 0 Å². The molecule has 112 valence electrons. The van der Waals surface area contributed by atoms with E-state index in [2.05, 4.69) is 29.5 Å². The summed E-state index contributed by atoms with van der Waals surface area (Å²) in [5.41, 5.74) is 0. The predicted octanol–water partition coefficient (Wildman–Crippen LogP) is 1.93. The molecule has 0 aliphatic carbocycles. The van der Waals surface area contributed by atoms with Crippen LogP contribution in [0.3, 0.4) is 0 Å². The molecule has 0 atom stereocenters. The van der Waals surface area contributed by atoms with Gasteiger partial charge in [-0.15, -0.1) is 0 Å². The van der Waals surface area contributed by atoms with Gasteiger partial charge in [0.05, 0.1) is 12.5 Å². The van der Waals surface area contributed by atoms with Gasteiger partial charge in [0.15, 0.2) is 5.96 Å². The maximum atomic E-state index is 11.4. The molecule has 0 radical (unpaired) electrons. The first kappa shape index (κ1) is 17.7. The van der Waals surface area contributed by atoms with E-state index in [1.54, 1.807) is 0 Å². The highest BCUT2D eigenvalue weighted by Gasteiger charge is 2.05. The fourth-order valence-corrected chi connectivity index (χ4v) is 1.38. The second kappa shape index (κ2) is 10.6. The minimum atomic E-state index is -0.180. The third-order valence-electron chi connectivity index (χ3n) is 2.31. The van der Waals surface area contributed by atoms with Gasteiger partial charge in [-0.2, -0.15) is 0 Å². The molecule has 0 fully saturated rings. The Balaban J connectivity index is 3.96. The Morgan fingerprint density at radius 1 is 1.21 bits per heavy atom. The van der Waals surface area contributed by atoms with Crippen LogP contribution in [0.4, 0.5) is 0 Å². The molecule has 0 bridgehead atoms. The summed E-state index contributed by atoms with van der Waals surface area (Å²) in [4.78, 5) is 15.8.